The van der Waals surface area contributed by atoms with Crippen molar-refractivity contribution in [1.82, 2.24) is 9.88 Å². The van der Waals surface area contributed by atoms with E-state index in [9.17, 15) is 0 Å². The number of nitrogens with zero attached hydrogens (tertiary/aromatic N) is 2. The highest BCUT2D eigenvalue weighted by Gasteiger charge is 2.27. The molecule has 1 N–H and O–H groups in total. The van der Waals surface area contributed by atoms with Gasteiger partial charge in [-0.3, -0.25) is 0 Å². The molecule has 4 heteroatoms. The van der Waals surface area contributed by atoms with Crippen molar-refractivity contribution in [2.24, 2.45) is 4.99 Å². The first kappa shape index (κ1) is 29.7. The lowest BCUT2D eigenvalue weighted by Crippen LogP contribution is -2.32. The van der Waals surface area contributed by atoms with Gasteiger partial charge in [-0.05, 0) is 77.4 Å². The SMILES string of the molecule is C1=CC(c2ccc(C3NC(c4cc5ccccc5c5c4sc4c(-n6c7c(c8ccccc86)=CCCC=7)cccc45)=Nc4ccccc43)cc2)=CCC1. The molecule has 3 heterocycles. The minimum Gasteiger partial charge on any atom is -0.359 e. The van der Waals surface area contributed by atoms with Crippen molar-refractivity contribution in [2.75, 3.05) is 0 Å². The standard InChI is InChI=1S/C48H35N3S/c1-2-13-30(14-3-1)31-25-27-32(28-26-31)45-37-19-6-9-21-40(37)49-48(50-45)39-29-33-15-4-5-16-34(33)44-38-20-12-24-43(46(38)52-47(39)44)51-41-22-10-7-17-35(41)36-18-8-11-23-42(36)51/h2,4-7,9-10,12-29,45H,1,3,8,11H2,(H,49,50). The van der Waals surface area contributed by atoms with Crippen molar-refractivity contribution in [1.29, 1.82) is 0 Å². The van der Waals surface area contributed by atoms with Gasteiger partial charge in [-0.25, -0.2) is 4.99 Å². The van der Waals surface area contributed by atoms with Crippen LogP contribution >= 0.6 is 11.3 Å². The minimum absolute atomic E-state index is 0.0235. The van der Waals surface area contributed by atoms with Crippen molar-refractivity contribution < 1.29 is 0 Å². The van der Waals surface area contributed by atoms with E-state index in [2.05, 4.69) is 162 Å². The molecule has 0 spiro atoms. The van der Waals surface area contributed by atoms with E-state index in [1.54, 1.807) is 0 Å². The van der Waals surface area contributed by atoms with Gasteiger partial charge in [0.2, 0.25) is 0 Å². The lowest BCUT2D eigenvalue weighted by molar-refractivity contribution is 0.750. The Morgan fingerprint density at radius 2 is 1.46 bits per heavy atom. The average Bonchev–Trinajstić information content (AvgIpc) is 3.77. The van der Waals surface area contributed by atoms with Gasteiger partial charge in [0, 0.05) is 42.6 Å². The van der Waals surface area contributed by atoms with E-state index in [-0.39, 0.29) is 6.04 Å². The molecule has 3 nitrogen and oxygen atoms in total. The molecule has 6 aromatic carbocycles. The topological polar surface area (TPSA) is 29.3 Å². The fourth-order valence-electron chi connectivity index (χ4n) is 8.69. The monoisotopic (exact) mass is 685 g/mol. The smallest absolute Gasteiger partial charge is 0.136 e. The molecule has 0 bridgehead atoms. The Bertz CT molecular complexity index is 2990. The van der Waals surface area contributed by atoms with Crippen molar-refractivity contribution in [3.63, 3.8) is 0 Å². The normalized spacial score (nSPS) is 16.6. The molecular weight excluding hydrogens is 651 g/mol. The number of aliphatic imine (C=N–C) groups is 1. The van der Waals surface area contributed by atoms with Crippen LogP contribution in [0.25, 0.3) is 65.3 Å². The van der Waals surface area contributed by atoms with Gasteiger partial charge in [-0.15, -0.1) is 11.3 Å². The quantitative estimate of drug-likeness (QED) is 0.196. The van der Waals surface area contributed by atoms with Crippen LogP contribution in [0.1, 0.15) is 54.0 Å². The molecule has 0 fully saturated rings. The summed E-state index contributed by atoms with van der Waals surface area (Å²) in [6.07, 6.45) is 16.1. The maximum Gasteiger partial charge on any atom is 0.136 e. The minimum atomic E-state index is -0.0235. The Morgan fingerprint density at radius 3 is 2.37 bits per heavy atom. The van der Waals surface area contributed by atoms with Crippen molar-refractivity contribution in [3.8, 4) is 5.69 Å². The summed E-state index contributed by atoms with van der Waals surface area (Å²) in [6.45, 7) is 0. The number of benzene rings is 6. The maximum atomic E-state index is 5.36. The molecule has 0 saturated heterocycles. The number of nitrogens with one attached hydrogen (secondary N) is 1. The Morgan fingerprint density at radius 1 is 0.673 bits per heavy atom. The highest BCUT2D eigenvalue weighted by atomic mass is 32.1. The van der Waals surface area contributed by atoms with E-state index >= 15 is 0 Å². The van der Waals surface area contributed by atoms with Crippen molar-refractivity contribution in [2.45, 2.75) is 31.7 Å². The van der Waals surface area contributed by atoms with Gasteiger partial charge in [-0.1, -0.05) is 127 Å². The zero-order chi connectivity index (χ0) is 34.2. The first-order chi connectivity index (χ1) is 25.8. The third-order valence-corrected chi connectivity index (χ3v) is 12.4. The van der Waals surface area contributed by atoms with Gasteiger partial charge >= 0.3 is 0 Å². The summed E-state index contributed by atoms with van der Waals surface area (Å²) in [4.78, 5) is 5.36. The van der Waals surface area contributed by atoms with Gasteiger partial charge in [-0.2, -0.15) is 0 Å². The van der Waals surface area contributed by atoms with E-state index in [0.717, 1.165) is 42.8 Å². The Hall–Kier alpha value is -5.97. The molecular formula is C48H35N3S. The lowest BCUT2D eigenvalue weighted by Gasteiger charge is -2.28. The van der Waals surface area contributed by atoms with E-state index in [0.29, 0.717) is 0 Å². The number of para-hydroxylation sites is 2. The largest absolute Gasteiger partial charge is 0.359 e. The zero-order valence-corrected chi connectivity index (χ0v) is 29.5. The van der Waals surface area contributed by atoms with Crippen LogP contribution in [0.15, 0.2) is 145 Å². The van der Waals surface area contributed by atoms with Crippen molar-refractivity contribution in [3.05, 3.63) is 172 Å². The molecule has 11 rings (SSSR count). The molecule has 8 aromatic rings. The number of allylic oxidation sites excluding steroid dienone is 4. The summed E-state index contributed by atoms with van der Waals surface area (Å²) in [5.41, 5.74) is 9.67. The highest BCUT2D eigenvalue weighted by Crippen LogP contribution is 2.44. The average molecular weight is 686 g/mol. The second-order valence-electron chi connectivity index (χ2n) is 14.1. The Kier molecular flexibility index (Phi) is 6.74. The number of thiophene rings is 1. The third-order valence-electron chi connectivity index (χ3n) is 11.1. The number of fused-ring (bicyclic) bond motifs is 9. The van der Waals surface area contributed by atoms with Crippen LogP contribution in [0.2, 0.25) is 0 Å². The van der Waals surface area contributed by atoms with Crippen molar-refractivity contribution >= 4 is 82.4 Å². The predicted molar refractivity (Wildman–Crippen MR) is 221 cm³/mol. The molecule has 0 saturated carbocycles. The molecule has 248 valence electrons. The van der Waals surface area contributed by atoms with E-state index in [1.807, 2.05) is 11.3 Å². The third kappa shape index (κ3) is 4.54. The number of hydrogen-bond donors (Lipinski definition) is 1. The summed E-state index contributed by atoms with van der Waals surface area (Å²) < 4.78 is 5.07. The molecule has 1 aliphatic heterocycles. The number of aromatic nitrogens is 1. The Balaban J connectivity index is 1.13. The first-order valence-electron chi connectivity index (χ1n) is 18.4. The lowest BCUT2D eigenvalue weighted by atomic mass is 9.92. The number of amidine groups is 1. The fourth-order valence-corrected chi connectivity index (χ4v) is 10.0. The molecule has 52 heavy (non-hydrogen) atoms. The van der Waals surface area contributed by atoms with Gasteiger partial charge in [0.25, 0.3) is 0 Å². The summed E-state index contributed by atoms with van der Waals surface area (Å²) in [7, 11) is 0. The van der Waals surface area contributed by atoms with Crippen LogP contribution in [0, 0.1) is 0 Å². The number of rotatable bonds is 4. The molecule has 3 aliphatic rings. The van der Waals surface area contributed by atoms with Gasteiger partial charge in [0.1, 0.15) is 5.84 Å². The molecule has 0 radical (unpaired) electrons. The summed E-state index contributed by atoms with van der Waals surface area (Å²) in [5.74, 6) is 0.918. The first-order valence-corrected chi connectivity index (χ1v) is 19.2. The Labute approximate surface area is 305 Å². The second-order valence-corrected chi connectivity index (χ2v) is 15.1. The molecule has 1 unspecified atom stereocenters. The van der Waals surface area contributed by atoms with Crippen LogP contribution in [0.3, 0.4) is 0 Å². The maximum absolute atomic E-state index is 5.36. The van der Waals surface area contributed by atoms with Gasteiger partial charge < -0.3 is 9.88 Å². The molecule has 0 amide bonds. The highest BCUT2D eigenvalue weighted by molar-refractivity contribution is 7.26. The van der Waals surface area contributed by atoms with E-state index in [1.165, 1.54) is 80.4 Å². The summed E-state index contributed by atoms with van der Waals surface area (Å²) >= 11 is 1.90. The molecule has 2 aliphatic carbocycles. The van der Waals surface area contributed by atoms with Gasteiger partial charge in [0.05, 0.1) is 27.6 Å². The second kappa shape index (κ2) is 11.8. The van der Waals surface area contributed by atoms with Crippen LogP contribution < -0.4 is 15.9 Å². The van der Waals surface area contributed by atoms with E-state index in [4.69, 9.17) is 4.99 Å². The van der Waals surface area contributed by atoms with Gasteiger partial charge in [0.15, 0.2) is 0 Å². The number of hydrogen-bond acceptors (Lipinski definition) is 3. The molecule has 1 atom stereocenters. The fraction of sp³-hybridized carbons (Fsp3) is 0.104. The van der Waals surface area contributed by atoms with Crippen LogP contribution in [-0.2, 0) is 0 Å². The zero-order valence-electron chi connectivity index (χ0n) is 28.6. The molecule has 2 aromatic heterocycles. The van der Waals surface area contributed by atoms with Crippen LogP contribution in [0.5, 0.6) is 0 Å². The summed E-state index contributed by atoms with van der Waals surface area (Å²) in [5, 5.41) is 13.0. The predicted octanol–water partition coefficient (Wildman–Crippen LogP) is 11.0. The van der Waals surface area contributed by atoms with Crippen LogP contribution in [0.4, 0.5) is 5.69 Å². The van der Waals surface area contributed by atoms with E-state index < -0.39 is 0 Å². The van der Waals surface area contributed by atoms with Crippen LogP contribution in [-0.4, -0.2) is 10.4 Å². The summed E-state index contributed by atoms with van der Waals surface area (Å²) in [6, 6.07) is 44.6.